The summed E-state index contributed by atoms with van der Waals surface area (Å²) in [5, 5.41) is 2.91. The van der Waals surface area contributed by atoms with E-state index in [1.54, 1.807) is 4.90 Å². The Balaban J connectivity index is 2.53. The van der Waals surface area contributed by atoms with Crippen LogP contribution in [0.4, 0.5) is 5.82 Å². The molecule has 0 unspecified atom stereocenters. The van der Waals surface area contributed by atoms with Gasteiger partial charge in [-0.25, -0.2) is 9.97 Å². The molecule has 3 N–H and O–H groups in total. The van der Waals surface area contributed by atoms with Crippen molar-refractivity contribution in [1.82, 2.24) is 14.9 Å². The third-order valence-corrected chi connectivity index (χ3v) is 2.65. The van der Waals surface area contributed by atoms with Gasteiger partial charge >= 0.3 is 0 Å². The van der Waals surface area contributed by atoms with E-state index in [0.29, 0.717) is 24.6 Å². The van der Waals surface area contributed by atoms with Gasteiger partial charge in [-0.2, -0.15) is 0 Å². The number of nitrogens with one attached hydrogen (secondary N) is 1. The first-order valence-electron chi connectivity index (χ1n) is 5.72. The van der Waals surface area contributed by atoms with Crippen LogP contribution in [-0.2, 0) is 4.79 Å². The highest BCUT2D eigenvalue weighted by atomic mass is 32.1. The lowest BCUT2D eigenvalue weighted by molar-refractivity contribution is -0.128. The molecule has 0 bridgehead atoms. The van der Waals surface area contributed by atoms with Crippen molar-refractivity contribution >= 4 is 28.9 Å². The summed E-state index contributed by atoms with van der Waals surface area (Å²) in [6.45, 7) is 5.48. The van der Waals surface area contributed by atoms with E-state index >= 15 is 0 Å². The number of carbonyl (C=O) groups excluding carboxylic acids is 1. The number of anilines is 1. The Hall–Kier alpha value is -1.76. The minimum absolute atomic E-state index is 0.0280. The fourth-order valence-corrected chi connectivity index (χ4v) is 1.51. The van der Waals surface area contributed by atoms with Crippen molar-refractivity contribution in [1.29, 1.82) is 0 Å². The summed E-state index contributed by atoms with van der Waals surface area (Å²) < 4.78 is 0. The first-order valence-corrected chi connectivity index (χ1v) is 6.12. The quantitative estimate of drug-likeness (QED) is 0.725. The zero-order valence-electron chi connectivity index (χ0n) is 10.5. The average molecular weight is 267 g/mol. The van der Waals surface area contributed by atoms with Crippen LogP contribution < -0.4 is 11.1 Å². The van der Waals surface area contributed by atoms with Crippen molar-refractivity contribution in [2.24, 2.45) is 5.73 Å². The maximum Gasteiger partial charge on any atom is 0.241 e. The van der Waals surface area contributed by atoms with E-state index in [1.165, 1.54) is 12.4 Å². The molecular weight excluding hydrogens is 250 g/mol. The van der Waals surface area contributed by atoms with Crippen LogP contribution >= 0.6 is 12.2 Å². The van der Waals surface area contributed by atoms with Gasteiger partial charge in [0.05, 0.1) is 18.9 Å². The lowest BCUT2D eigenvalue weighted by Gasteiger charge is -2.18. The standard InChI is InChI=1S/C11H17N5OS/c1-3-16(4-2)10(17)7-15-9-6-13-8(5-14-9)11(12)18/h5-6H,3-4,7H2,1-2H3,(H2,12,18)(H,14,15). The minimum atomic E-state index is 0.0280. The smallest absolute Gasteiger partial charge is 0.241 e. The van der Waals surface area contributed by atoms with Gasteiger partial charge in [-0.3, -0.25) is 4.79 Å². The maximum absolute atomic E-state index is 11.7. The number of rotatable bonds is 6. The van der Waals surface area contributed by atoms with Crippen molar-refractivity contribution in [3.8, 4) is 0 Å². The second kappa shape index (κ2) is 6.85. The Labute approximate surface area is 112 Å². The van der Waals surface area contributed by atoms with Crippen LogP contribution in [0.2, 0.25) is 0 Å². The SMILES string of the molecule is CCN(CC)C(=O)CNc1cnc(C(N)=S)cn1. The van der Waals surface area contributed by atoms with Gasteiger partial charge in [-0.15, -0.1) is 0 Å². The van der Waals surface area contributed by atoms with Crippen LogP contribution in [-0.4, -0.2) is 45.4 Å². The molecule has 0 aliphatic rings. The summed E-state index contributed by atoms with van der Waals surface area (Å²) in [5.74, 6) is 0.552. The van der Waals surface area contributed by atoms with E-state index in [-0.39, 0.29) is 17.4 Å². The molecule has 0 saturated carbocycles. The predicted molar refractivity (Wildman–Crippen MR) is 74.3 cm³/mol. The lowest BCUT2D eigenvalue weighted by Crippen LogP contribution is -2.35. The topological polar surface area (TPSA) is 84.1 Å². The second-order valence-electron chi connectivity index (χ2n) is 3.57. The van der Waals surface area contributed by atoms with Gasteiger partial charge in [-0.05, 0) is 13.8 Å². The molecule has 0 radical (unpaired) electrons. The molecule has 1 aromatic heterocycles. The van der Waals surface area contributed by atoms with E-state index in [2.05, 4.69) is 15.3 Å². The molecule has 0 saturated heterocycles. The Morgan fingerprint density at radius 3 is 2.50 bits per heavy atom. The Morgan fingerprint density at radius 1 is 1.39 bits per heavy atom. The van der Waals surface area contributed by atoms with Crippen LogP contribution in [0.25, 0.3) is 0 Å². The minimum Gasteiger partial charge on any atom is -0.388 e. The van der Waals surface area contributed by atoms with Gasteiger partial charge < -0.3 is 16.0 Å². The van der Waals surface area contributed by atoms with E-state index in [0.717, 1.165) is 0 Å². The number of likely N-dealkylation sites (N-methyl/N-ethyl adjacent to an activating group) is 1. The summed E-state index contributed by atoms with van der Waals surface area (Å²) >= 11 is 4.77. The van der Waals surface area contributed by atoms with Gasteiger partial charge in [0.2, 0.25) is 5.91 Å². The predicted octanol–water partition coefficient (Wildman–Crippen LogP) is 0.391. The molecule has 0 spiro atoms. The van der Waals surface area contributed by atoms with E-state index in [9.17, 15) is 4.79 Å². The van der Waals surface area contributed by atoms with Crippen molar-refractivity contribution in [3.05, 3.63) is 18.1 Å². The number of nitrogens with two attached hydrogens (primary N) is 1. The molecule has 1 heterocycles. The van der Waals surface area contributed by atoms with Gasteiger partial charge in [0.15, 0.2) is 0 Å². The number of hydrogen-bond donors (Lipinski definition) is 2. The van der Waals surface area contributed by atoms with Gasteiger partial charge in [0.25, 0.3) is 0 Å². The normalized spacial score (nSPS) is 9.89. The van der Waals surface area contributed by atoms with Crippen molar-refractivity contribution in [2.75, 3.05) is 25.0 Å². The lowest BCUT2D eigenvalue weighted by atomic mass is 10.4. The Kier molecular flexibility index (Phi) is 5.44. The molecule has 0 atom stereocenters. The maximum atomic E-state index is 11.7. The molecular formula is C11H17N5OS. The van der Waals surface area contributed by atoms with Crippen molar-refractivity contribution in [2.45, 2.75) is 13.8 Å². The fourth-order valence-electron chi connectivity index (χ4n) is 1.40. The molecule has 6 nitrogen and oxygen atoms in total. The zero-order chi connectivity index (χ0) is 13.5. The van der Waals surface area contributed by atoms with Crippen LogP contribution in [0.3, 0.4) is 0 Å². The summed E-state index contributed by atoms with van der Waals surface area (Å²) in [5.41, 5.74) is 5.87. The average Bonchev–Trinajstić information content (AvgIpc) is 2.38. The molecule has 1 rings (SSSR count). The molecule has 1 aromatic rings. The monoisotopic (exact) mass is 267 g/mol. The van der Waals surface area contributed by atoms with Gasteiger partial charge in [0.1, 0.15) is 16.5 Å². The summed E-state index contributed by atoms with van der Waals surface area (Å²) in [7, 11) is 0. The third-order valence-electron chi connectivity index (χ3n) is 2.44. The summed E-state index contributed by atoms with van der Waals surface area (Å²) in [6, 6.07) is 0. The Morgan fingerprint density at radius 2 is 2.06 bits per heavy atom. The third kappa shape index (κ3) is 3.92. The first-order chi connectivity index (χ1) is 8.58. The number of aromatic nitrogens is 2. The number of hydrogen-bond acceptors (Lipinski definition) is 5. The second-order valence-corrected chi connectivity index (χ2v) is 4.01. The van der Waals surface area contributed by atoms with Crippen LogP contribution in [0, 0.1) is 0 Å². The highest BCUT2D eigenvalue weighted by Crippen LogP contribution is 2.01. The summed E-state index contributed by atoms with van der Waals surface area (Å²) in [6.07, 6.45) is 2.98. The molecule has 0 aliphatic heterocycles. The van der Waals surface area contributed by atoms with E-state index in [4.69, 9.17) is 18.0 Å². The highest BCUT2D eigenvalue weighted by Gasteiger charge is 2.09. The van der Waals surface area contributed by atoms with Crippen LogP contribution in [0.15, 0.2) is 12.4 Å². The summed E-state index contributed by atoms with van der Waals surface area (Å²) in [4.78, 5) is 21.8. The van der Waals surface area contributed by atoms with Crippen molar-refractivity contribution in [3.63, 3.8) is 0 Å². The number of carbonyl (C=O) groups is 1. The molecule has 0 aromatic carbocycles. The molecule has 98 valence electrons. The highest BCUT2D eigenvalue weighted by molar-refractivity contribution is 7.80. The van der Waals surface area contributed by atoms with Gasteiger partial charge in [0, 0.05) is 13.1 Å². The van der Waals surface area contributed by atoms with Crippen LogP contribution in [0.1, 0.15) is 19.5 Å². The Bertz CT molecular complexity index is 416. The first kappa shape index (κ1) is 14.3. The van der Waals surface area contributed by atoms with Crippen molar-refractivity contribution < 1.29 is 4.79 Å². The zero-order valence-corrected chi connectivity index (χ0v) is 11.3. The number of nitrogens with zero attached hydrogens (tertiary/aromatic N) is 3. The number of thiocarbonyl (C=S) groups is 1. The van der Waals surface area contributed by atoms with E-state index in [1.807, 2.05) is 13.8 Å². The largest absolute Gasteiger partial charge is 0.388 e. The van der Waals surface area contributed by atoms with Gasteiger partial charge in [-0.1, -0.05) is 12.2 Å². The molecule has 0 aliphatic carbocycles. The molecule has 7 heteroatoms. The van der Waals surface area contributed by atoms with Crippen LogP contribution in [0.5, 0.6) is 0 Å². The number of amides is 1. The molecule has 18 heavy (non-hydrogen) atoms. The molecule has 1 amide bonds. The van der Waals surface area contributed by atoms with E-state index < -0.39 is 0 Å². The fraction of sp³-hybridized carbons (Fsp3) is 0.455. The molecule has 0 fully saturated rings.